The van der Waals surface area contributed by atoms with Gasteiger partial charge in [-0.05, 0) is 25.0 Å². The molecule has 1 aliphatic heterocycles. The molecule has 1 aromatic carbocycles. The standard InChI is InChI=1S/C24H24N8O3/c1-4-14-5-6-16-18(7-14)31(3)30-20(16)17-9-26-22-21(29-17)19(10-27-22)35-24(34)28-13(2)23(33)32-11-15(8-25)12-32/h5-7,9-10,13,15H,4,11-12H2,1-3H3,(H,26,27)(H,28,34)/t13-/m1/s1. The number of carbonyl (C=O) groups is 2. The number of nitriles is 1. The van der Waals surface area contributed by atoms with Gasteiger partial charge in [0.25, 0.3) is 0 Å². The molecule has 11 heteroatoms. The number of carbonyl (C=O) groups excluding carboxylic acids is 2. The molecule has 1 aliphatic rings. The van der Waals surface area contributed by atoms with Gasteiger partial charge in [0.2, 0.25) is 5.91 Å². The van der Waals surface area contributed by atoms with Crippen molar-refractivity contribution >= 4 is 34.1 Å². The number of amides is 2. The number of hydrogen-bond acceptors (Lipinski definition) is 7. The van der Waals surface area contributed by atoms with E-state index < -0.39 is 12.1 Å². The molecule has 4 aromatic rings. The van der Waals surface area contributed by atoms with Crippen molar-refractivity contribution < 1.29 is 14.3 Å². The van der Waals surface area contributed by atoms with Crippen molar-refractivity contribution in [3.63, 3.8) is 0 Å². The highest BCUT2D eigenvalue weighted by Crippen LogP contribution is 2.30. The van der Waals surface area contributed by atoms with Crippen LogP contribution in [0.1, 0.15) is 19.4 Å². The summed E-state index contributed by atoms with van der Waals surface area (Å²) in [6, 6.07) is 7.53. The number of aryl methyl sites for hydroxylation is 2. The fourth-order valence-electron chi connectivity index (χ4n) is 4.15. The monoisotopic (exact) mass is 472 g/mol. The molecular formula is C24H24N8O3. The van der Waals surface area contributed by atoms with E-state index in [1.807, 2.05) is 17.8 Å². The van der Waals surface area contributed by atoms with Crippen LogP contribution in [0.5, 0.6) is 5.75 Å². The maximum Gasteiger partial charge on any atom is 0.413 e. The number of aromatic amines is 1. The van der Waals surface area contributed by atoms with E-state index in [9.17, 15) is 9.59 Å². The summed E-state index contributed by atoms with van der Waals surface area (Å²) >= 11 is 0. The summed E-state index contributed by atoms with van der Waals surface area (Å²) in [6.07, 6.45) is 3.27. The largest absolute Gasteiger partial charge is 0.413 e. The van der Waals surface area contributed by atoms with Crippen molar-refractivity contribution in [2.24, 2.45) is 13.0 Å². The van der Waals surface area contributed by atoms with Gasteiger partial charge >= 0.3 is 6.09 Å². The minimum atomic E-state index is -0.790. The predicted molar refractivity (Wildman–Crippen MR) is 127 cm³/mol. The SMILES string of the molecule is CCc1ccc2c(-c3cnc4[nH]cc(OC(=O)N[C@H](C)C(=O)N5CC(C#N)C5)c4n3)nn(C)c2c1. The Morgan fingerprint density at radius 2 is 2.17 bits per heavy atom. The molecule has 1 saturated heterocycles. The second-order valence-corrected chi connectivity index (χ2v) is 8.61. The summed E-state index contributed by atoms with van der Waals surface area (Å²) in [5.74, 6) is -0.224. The zero-order chi connectivity index (χ0) is 24.7. The fourth-order valence-corrected chi connectivity index (χ4v) is 4.15. The summed E-state index contributed by atoms with van der Waals surface area (Å²) in [5, 5.41) is 17.0. The number of H-pyrrole nitrogens is 1. The molecule has 1 atom stereocenters. The van der Waals surface area contributed by atoms with Gasteiger partial charge in [-0.1, -0.05) is 19.1 Å². The third-order valence-corrected chi connectivity index (χ3v) is 6.20. The van der Waals surface area contributed by atoms with Crippen molar-refractivity contribution in [2.75, 3.05) is 13.1 Å². The van der Waals surface area contributed by atoms with Gasteiger partial charge < -0.3 is 19.9 Å². The van der Waals surface area contributed by atoms with Gasteiger partial charge in [-0.15, -0.1) is 0 Å². The van der Waals surface area contributed by atoms with Crippen LogP contribution in [0.25, 0.3) is 33.5 Å². The van der Waals surface area contributed by atoms with Gasteiger partial charge in [0.05, 0.1) is 23.7 Å². The Hall–Kier alpha value is -4.46. The Balaban J connectivity index is 1.36. The summed E-state index contributed by atoms with van der Waals surface area (Å²) in [5.41, 5.74) is 4.27. The predicted octanol–water partition coefficient (Wildman–Crippen LogP) is 2.53. The molecule has 2 amide bonds. The number of likely N-dealkylation sites (tertiary alicyclic amines) is 1. The topological polar surface area (TPSA) is 142 Å². The van der Waals surface area contributed by atoms with Crippen LogP contribution in [-0.2, 0) is 18.3 Å². The number of aromatic nitrogens is 5. The summed E-state index contributed by atoms with van der Waals surface area (Å²) in [4.78, 5) is 38.4. The van der Waals surface area contributed by atoms with Crippen LogP contribution in [0.15, 0.2) is 30.6 Å². The molecule has 0 unspecified atom stereocenters. The molecule has 3 aromatic heterocycles. The van der Waals surface area contributed by atoms with Crippen molar-refractivity contribution in [1.29, 1.82) is 5.26 Å². The smallest absolute Gasteiger partial charge is 0.406 e. The number of ether oxygens (including phenoxy) is 1. The maximum absolute atomic E-state index is 12.5. The van der Waals surface area contributed by atoms with Gasteiger partial charge in [0, 0.05) is 31.7 Å². The number of nitrogens with one attached hydrogen (secondary N) is 2. The lowest BCUT2D eigenvalue weighted by molar-refractivity contribution is -0.137. The average molecular weight is 473 g/mol. The third kappa shape index (κ3) is 4.03. The lowest BCUT2D eigenvalue weighted by Crippen LogP contribution is -2.56. The lowest BCUT2D eigenvalue weighted by Gasteiger charge is -2.36. The normalized spacial score (nSPS) is 14.5. The number of benzene rings is 1. The molecule has 0 bridgehead atoms. The second kappa shape index (κ2) is 8.72. The second-order valence-electron chi connectivity index (χ2n) is 8.61. The summed E-state index contributed by atoms with van der Waals surface area (Å²) in [6.45, 7) is 4.43. The number of fused-ring (bicyclic) bond motifs is 2. The molecular weight excluding hydrogens is 448 g/mol. The van der Waals surface area contributed by atoms with Gasteiger partial charge in [-0.3, -0.25) is 9.48 Å². The number of rotatable bonds is 5. The van der Waals surface area contributed by atoms with E-state index in [4.69, 9.17) is 10.00 Å². The Labute approximate surface area is 200 Å². The molecule has 2 N–H and O–H groups in total. The van der Waals surface area contributed by atoms with E-state index in [1.165, 1.54) is 16.7 Å². The molecule has 1 fully saturated rings. The first kappa shape index (κ1) is 22.3. The molecule has 0 saturated carbocycles. The third-order valence-electron chi connectivity index (χ3n) is 6.20. The molecule has 35 heavy (non-hydrogen) atoms. The van der Waals surface area contributed by atoms with Gasteiger partial charge in [0.1, 0.15) is 17.4 Å². The van der Waals surface area contributed by atoms with E-state index in [0.29, 0.717) is 35.6 Å². The van der Waals surface area contributed by atoms with E-state index in [2.05, 4.69) is 50.5 Å². The Morgan fingerprint density at radius 1 is 1.37 bits per heavy atom. The van der Waals surface area contributed by atoms with Crippen LogP contribution < -0.4 is 10.1 Å². The van der Waals surface area contributed by atoms with Crippen LogP contribution >= 0.6 is 0 Å². The highest BCUT2D eigenvalue weighted by molar-refractivity contribution is 5.94. The fraction of sp³-hybridized carbons (Fsp3) is 0.333. The van der Waals surface area contributed by atoms with E-state index in [0.717, 1.165) is 17.3 Å². The first-order valence-corrected chi connectivity index (χ1v) is 11.3. The molecule has 0 aliphatic carbocycles. The quantitative estimate of drug-likeness (QED) is 0.454. The molecule has 0 radical (unpaired) electrons. The van der Waals surface area contributed by atoms with Gasteiger partial charge in [-0.25, -0.2) is 14.8 Å². The van der Waals surface area contributed by atoms with Crippen molar-refractivity contribution in [3.05, 3.63) is 36.2 Å². The van der Waals surface area contributed by atoms with E-state index >= 15 is 0 Å². The Kier molecular flexibility index (Phi) is 5.56. The minimum absolute atomic E-state index is 0.151. The zero-order valence-electron chi connectivity index (χ0n) is 19.6. The average Bonchev–Trinajstić information content (AvgIpc) is 3.38. The van der Waals surface area contributed by atoms with Gasteiger partial charge in [-0.2, -0.15) is 10.4 Å². The van der Waals surface area contributed by atoms with E-state index in [1.54, 1.807) is 13.1 Å². The highest BCUT2D eigenvalue weighted by Gasteiger charge is 2.33. The summed E-state index contributed by atoms with van der Waals surface area (Å²) < 4.78 is 7.26. The van der Waals surface area contributed by atoms with Crippen LogP contribution in [0, 0.1) is 17.2 Å². The molecule has 0 spiro atoms. The molecule has 4 heterocycles. The van der Waals surface area contributed by atoms with Crippen molar-refractivity contribution in [1.82, 2.24) is 34.9 Å². The summed E-state index contributed by atoms with van der Waals surface area (Å²) in [7, 11) is 1.88. The maximum atomic E-state index is 12.5. The lowest BCUT2D eigenvalue weighted by atomic mass is 10.0. The number of hydrogen-bond donors (Lipinski definition) is 2. The van der Waals surface area contributed by atoms with Gasteiger partial charge in [0.15, 0.2) is 16.9 Å². The van der Waals surface area contributed by atoms with Crippen LogP contribution in [0.4, 0.5) is 4.79 Å². The molecule has 178 valence electrons. The van der Waals surface area contributed by atoms with Crippen LogP contribution in [0.2, 0.25) is 0 Å². The highest BCUT2D eigenvalue weighted by atomic mass is 16.6. The first-order chi connectivity index (χ1) is 16.9. The number of nitrogens with zero attached hydrogens (tertiary/aromatic N) is 6. The molecule has 11 nitrogen and oxygen atoms in total. The van der Waals surface area contributed by atoms with E-state index in [-0.39, 0.29) is 17.6 Å². The van der Waals surface area contributed by atoms with Crippen LogP contribution in [0.3, 0.4) is 0 Å². The first-order valence-electron chi connectivity index (χ1n) is 11.3. The van der Waals surface area contributed by atoms with Crippen molar-refractivity contribution in [2.45, 2.75) is 26.3 Å². The van der Waals surface area contributed by atoms with Crippen LogP contribution in [-0.4, -0.2) is 60.8 Å². The molecule has 5 rings (SSSR count). The Bertz CT molecular complexity index is 1490. The Morgan fingerprint density at radius 3 is 2.91 bits per heavy atom. The minimum Gasteiger partial charge on any atom is -0.406 e. The van der Waals surface area contributed by atoms with Crippen molar-refractivity contribution in [3.8, 4) is 23.2 Å². The zero-order valence-corrected chi connectivity index (χ0v) is 19.6.